The fourth-order valence-corrected chi connectivity index (χ4v) is 2.55. The summed E-state index contributed by atoms with van der Waals surface area (Å²) in [4.78, 5) is 7.90. The first-order valence-corrected chi connectivity index (χ1v) is 7.10. The summed E-state index contributed by atoms with van der Waals surface area (Å²) in [5.74, 6) is 0.979. The molecule has 0 fully saturated rings. The molecule has 1 N–H and O–H groups in total. The van der Waals surface area contributed by atoms with E-state index < -0.39 is 0 Å². The fourth-order valence-electron chi connectivity index (χ4n) is 2.34. The average Bonchev–Trinajstić information content (AvgIpc) is 2.32. The number of aromatic nitrogens is 2. The molecule has 0 spiro atoms. The van der Waals surface area contributed by atoms with E-state index in [1.165, 1.54) is 16.7 Å². The SMILES string of the molecule is CCCc1nc(=S)c(C)c(-c2cc(C)cc(C)c2)[nH]1. The molecule has 0 aliphatic carbocycles. The van der Waals surface area contributed by atoms with Crippen LogP contribution in [0.15, 0.2) is 18.2 Å². The number of hydrogen-bond donors (Lipinski definition) is 1. The van der Waals surface area contributed by atoms with Crippen molar-refractivity contribution in [3.05, 3.63) is 45.4 Å². The van der Waals surface area contributed by atoms with Gasteiger partial charge in [0.1, 0.15) is 10.5 Å². The number of nitrogens with one attached hydrogen (secondary N) is 1. The number of rotatable bonds is 3. The van der Waals surface area contributed by atoms with Gasteiger partial charge in [0.2, 0.25) is 0 Å². The molecule has 0 amide bonds. The molecule has 1 aromatic heterocycles. The van der Waals surface area contributed by atoms with E-state index in [0.29, 0.717) is 4.64 Å². The Morgan fingerprint density at radius 2 is 1.74 bits per heavy atom. The minimum Gasteiger partial charge on any atom is -0.343 e. The summed E-state index contributed by atoms with van der Waals surface area (Å²) in [5.41, 5.74) is 5.89. The van der Waals surface area contributed by atoms with Crippen molar-refractivity contribution < 1.29 is 0 Å². The maximum Gasteiger partial charge on any atom is 0.133 e. The van der Waals surface area contributed by atoms with Crippen molar-refractivity contribution in [3.63, 3.8) is 0 Å². The minimum absolute atomic E-state index is 0.705. The molecule has 2 nitrogen and oxygen atoms in total. The first kappa shape index (κ1) is 13.9. The molecule has 3 heteroatoms. The number of hydrogen-bond acceptors (Lipinski definition) is 2. The zero-order valence-electron chi connectivity index (χ0n) is 12.0. The summed E-state index contributed by atoms with van der Waals surface area (Å²) in [6.07, 6.45) is 2.00. The second kappa shape index (κ2) is 5.66. The lowest BCUT2D eigenvalue weighted by atomic mass is 10.0. The molecule has 2 aromatic rings. The maximum absolute atomic E-state index is 5.38. The second-order valence-electron chi connectivity index (χ2n) is 5.12. The highest BCUT2D eigenvalue weighted by Crippen LogP contribution is 2.24. The Hall–Kier alpha value is -1.48. The van der Waals surface area contributed by atoms with Crippen LogP contribution in [0.3, 0.4) is 0 Å². The first-order valence-electron chi connectivity index (χ1n) is 6.69. The van der Waals surface area contributed by atoms with Gasteiger partial charge in [-0.1, -0.05) is 36.3 Å². The van der Waals surface area contributed by atoms with Crippen molar-refractivity contribution in [3.8, 4) is 11.3 Å². The third-order valence-electron chi connectivity index (χ3n) is 3.20. The molecular weight excluding hydrogens is 252 g/mol. The zero-order valence-corrected chi connectivity index (χ0v) is 12.8. The van der Waals surface area contributed by atoms with Crippen molar-refractivity contribution >= 4 is 12.2 Å². The molecule has 0 atom stereocenters. The topological polar surface area (TPSA) is 28.7 Å². The van der Waals surface area contributed by atoms with E-state index in [9.17, 15) is 0 Å². The number of aromatic amines is 1. The van der Waals surface area contributed by atoms with Gasteiger partial charge in [-0.3, -0.25) is 0 Å². The van der Waals surface area contributed by atoms with E-state index in [1.54, 1.807) is 0 Å². The van der Waals surface area contributed by atoms with Gasteiger partial charge in [-0.2, -0.15) is 0 Å². The van der Waals surface area contributed by atoms with E-state index in [2.05, 4.69) is 48.9 Å². The Morgan fingerprint density at radius 1 is 1.11 bits per heavy atom. The molecule has 19 heavy (non-hydrogen) atoms. The van der Waals surface area contributed by atoms with Gasteiger partial charge >= 0.3 is 0 Å². The van der Waals surface area contributed by atoms with Crippen molar-refractivity contribution in [2.45, 2.75) is 40.5 Å². The van der Waals surface area contributed by atoms with Gasteiger partial charge in [0.15, 0.2) is 0 Å². The Labute approximate surface area is 119 Å². The number of benzene rings is 1. The highest BCUT2D eigenvalue weighted by atomic mass is 32.1. The monoisotopic (exact) mass is 272 g/mol. The quantitative estimate of drug-likeness (QED) is 0.822. The van der Waals surface area contributed by atoms with Crippen LogP contribution in [0.4, 0.5) is 0 Å². The lowest BCUT2D eigenvalue weighted by molar-refractivity contribution is 0.829. The molecule has 0 saturated carbocycles. The summed E-state index contributed by atoms with van der Waals surface area (Å²) in [7, 11) is 0. The fraction of sp³-hybridized carbons (Fsp3) is 0.375. The molecule has 0 saturated heterocycles. The lowest BCUT2D eigenvalue weighted by Crippen LogP contribution is -2.00. The van der Waals surface area contributed by atoms with Gasteiger partial charge in [0.25, 0.3) is 0 Å². The number of aryl methyl sites for hydroxylation is 3. The Morgan fingerprint density at radius 3 is 2.32 bits per heavy atom. The predicted molar refractivity (Wildman–Crippen MR) is 83.1 cm³/mol. The zero-order chi connectivity index (χ0) is 14.0. The average molecular weight is 272 g/mol. The van der Waals surface area contributed by atoms with Gasteiger partial charge in [0, 0.05) is 12.0 Å². The molecule has 0 bridgehead atoms. The van der Waals surface area contributed by atoms with Crippen LogP contribution in [0, 0.1) is 25.4 Å². The summed E-state index contributed by atoms with van der Waals surface area (Å²) in [6.45, 7) is 8.42. The lowest BCUT2D eigenvalue weighted by Gasteiger charge is -2.11. The predicted octanol–water partition coefficient (Wildman–Crippen LogP) is 4.68. The van der Waals surface area contributed by atoms with Gasteiger partial charge in [-0.05, 0) is 44.9 Å². The molecule has 0 radical (unpaired) electrons. The Kier molecular flexibility index (Phi) is 4.15. The Balaban J connectivity index is 2.63. The molecule has 1 aromatic carbocycles. The molecule has 2 rings (SSSR count). The molecule has 1 heterocycles. The van der Waals surface area contributed by atoms with Crippen LogP contribution >= 0.6 is 12.2 Å². The molecule has 0 aliphatic rings. The van der Waals surface area contributed by atoms with Crippen molar-refractivity contribution in [2.75, 3.05) is 0 Å². The normalized spacial score (nSPS) is 10.7. The van der Waals surface area contributed by atoms with Gasteiger partial charge in [0.05, 0.1) is 5.69 Å². The van der Waals surface area contributed by atoms with E-state index in [-0.39, 0.29) is 0 Å². The number of H-pyrrole nitrogens is 1. The minimum atomic E-state index is 0.705. The van der Waals surface area contributed by atoms with Crippen LogP contribution in [0.2, 0.25) is 0 Å². The molecule has 100 valence electrons. The van der Waals surface area contributed by atoms with Crippen molar-refractivity contribution in [1.29, 1.82) is 0 Å². The summed E-state index contributed by atoms with van der Waals surface area (Å²) in [6, 6.07) is 6.56. The van der Waals surface area contributed by atoms with Gasteiger partial charge < -0.3 is 4.98 Å². The van der Waals surface area contributed by atoms with Crippen LogP contribution in [-0.4, -0.2) is 9.97 Å². The smallest absolute Gasteiger partial charge is 0.133 e. The molecular formula is C16H20N2S. The molecule has 0 aliphatic heterocycles. The van der Waals surface area contributed by atoms with Crippen LogP contribution in [0.1, 0.15) is 35.9 Å². The van der Waals surface area contributed by atoms with Crippen LogP contribution in [0.25, 0.3) is 11.3 Å². The van der Waals surface area contributed by atoms with E-state index in [1.807, 2.05) is 6.92 Å². The van der Waals surface area contributed by atoms with Crippen molar-refractivity contribution in [1.82, 2.24) is 9.97 Å². The first-order chi connectivity index (χ1) is 9.01. The summed E-state index contributed by atoms with van der Waals surface area (Å²) in [5, 5.41) is 0. The summed E-state index contributed by atoms with van der Waals surface area (Å²) < 4.78 is 0.705. The molecule has 0 unspecified atom stereocenters. The third kappa shape index (κ3) is 3.10. The highest BCUT2D eigenvalue weighted by molar-refractivity contribution is 7.71. The number of nitrogens with zero attached hydrogens (tertiary/aromatic N) is 1. The maximum atomic E-state index is 5.38. The van der Waals surface area contributed by atoms with Crippen LogP contribution in [0.5, 0.6) is 0 Å². The van der Waals surface area contributed by atoms with Crippen molar-refractivity contribution in [2.24, 2.45) is 0 Å². The van der Waals surface area contributed by atoms with Gasteiger partial charge in [-0.15, -0.1) is 0 Å². The highest BCUT2D eigenvalue weighted by Gasteiger charge is 2.08. The van der Waals surface area contributed by atoms with Gasteiger partial charge in [-0.25, -0.2) is 4.98 Å². The van der Waals surface area contributed by atoms with Crippen LogP contribution in [-0.2, 0) is 6.42 Å². The Bertz CT molecular complexity index is 636. The largest absolute Gasteiger partial charge is 0.343 e. The van der Waals surface area contributed by atoms with E-state index in [0.717, 1.165) is 29.9 Å². The third-order valence-corrected chi connectivity index (χ3v) is 3.60. The van der Waals surface area contributed by atoms with E-state index >= 15 is 0 Å². The second-order valence-corrected chi connectivity index (χ2v) is 5.50. The standard InChI is InChI=1S/C16H20N2S/c1-5-6-14-17-15(12(4)16(19)18-14)13-8-10(2)7-11(3)9-13/h7-9H,5-6H2,1-4H3,(H,17,18,19). The summed E-state index contributed by atoms with van der Waals surface area (Å²) >= 11 is 5.38. The van der Waals surface area contributed by atoms with Crippen LogP contribution < -0.4 is 0 Å². The van der Waals surface area contributed by atoms with E-state index in [4.69, 9.17) is 12.2 Å².